The summed E-state index contributed by atoms with van der Waals surface area (Å²) >= 11 is 6.01. The number of hydrogen-bond donors (Lipinski definition) is 1. The van der Waals surface area contributed by atoms with Crippen LogP contribution in [-0.2, 0) is 0 Å². The summed E-state index contributed by atoms with van der Waals surface area (Å²) in [5.74, 6) is -0.177. The molecule has 0 radical (unpaired) electrons. The van der Waals surface area contributed by atoms with Gasteiger partial charge in [0, 0.05) is 43.1 Å². The van der Waals surface area contributed by atoms with Crippen molar-refractivity contribution in [2.75, 3.05) is 43.4 Å². The van der Waals surface area contributed by atoms with Gasteiger partial charge in [0.1, 0.15) is 0 Å². The maximum absolute atomic E-state index is 12.5. The zero-order valence-corrected chi connectivity index (χ0v) is 14.7. The summed E-state index contributed by atoms with van der Waals surface area (Å²) < 4.78 is 0. The van der Waals surface area contributed by atoms with Gasteiger partial charge in [-0.3, -0.25) is 9.78 Å². The summed E-state index contributed by atoms with van der Waals surface area (Å²) in [5.41, 5.74) is 3.22. The monoisotopic (exact) mass is 344 g/mol. The van der Waals surface area contributed by atoms with E-state index in [1.54, 1.807) is 12.3 Å². The summed E-state index contributed by atoms with van der Waals surface area (Å²) in [4.78, 5) is 21.3. The second kappa shape index (κ2) is 7.20. The van der Waals surface area contributed by atoms with Crippen molar-refractivity contribution in [3.63, 3.8) is 0 Å². The first-order valence-electron chi connectivity index (χ1n) is 7.99. The lowest BCUT2D eigenvalue weighted by atomic mass is 10.1. The minimum Gasteiger partial charge on any atom is -0.368 e. The molecule has 126 valence electrons. The number of carbonyl (C=O) groups excluding carboxylic acids is 1. The Morgan fingerprint density at radius 2 is 1.92 bits per heavy atom. The van der Waals surface area contributed by atoms with Crippen molar-refractivity contribution in [2.45, 2.75) is 6.92 Å². The van der Waals surface area contributed by atoms with Gasteiger partial charge in [0.05, 0.1) is 17.4 Å². The summed E-state index contributed by atoms with van der Waals surface area (Å²) in [6.07, 6.45) is 3.40. The number of halogens is 1. The van der Waals surface area contributed by atoms with Gasteiger partial charge < -0.3 is 15.1 Å². The molecule has 0 spiro atoms. The van der Waals surface area contributed by atoms with Crippen molar-refractivity contribution < 1.29 is 4.79 Å². The number of amides is 1. The van der Waals surface area contributed by atoms with E-state index in [2.05, 4.69) is 27.1 Å². The molecule has 5 nitrogen and oxygen atoms in total. The number of nitrogens with zero attached hydrogens (tertiary/aromatic N) is 3. The fraction of sp³-hybridized carbons (Fsp3) is 0.333. The number of anilines is 2. The molecule has 6 heteroatoms. The molecule has 1 saturated heterocycles. The standard InChI is InChI=1S/C18H21ClN4O/c1-13-3-4-15(19)10-17(13)21-18(24)14-9-16(12-20-11-14)23-7-5-22(2)6-8-23/h3-4,9-12H,5-8H2,1-2H3,(H,21,24). The van der Waals surface area contributed by atoms with Gasteiger partial charge >= 0.3 is 0 Å². The van der Waals surface area contributed by atoms with Gasteiger partial charge in [-0.25, -0.2) is 0 Å². The molecule has 1 aromatic heterocycles. The molecule has 0 aliphatic carbocycles. The van der Waals surface area contributed by atoms with Gasteiger partial charge in [0.25, 0.3) is 5.91 Å². The molecule has 2 aromatic rings. The van der Waals surface area contributed by atoms with Crippen molar-refractivity contribution >= 4 is 28.9 Å². The molecule has 1 aliphatic heterocycles. The molecule has 24 heavy (non-hydrogen) atoms. The van der Waals surface area contributed by atoms with E-state index < -0.39 is 0 Å². The quantitative estimate of drug-likeness (QED) is 0.929. The Morgan fingerprint density at radius 3 is 2.67 bits per heavy atom. The average Bonchev–Trinajstić information content (AvgIpc) is 2.59. The Morgan fingerprint density at radius 1 is 1.17 bits per heavy atom. The van der Waals surface area contributed by atoms with Crippen molar-refractivity contribution in [3.05, 3.63) is 52.8 Å². The third-order valence-electron chi connectivity index (χ3n) is 4.30. The van der Waals surface area contributed by atoms with Crippen LogP contribution >= 0.6 is 11.6 Å². The molecule has 0 unspecified atom stereocenters. The third-order valence-corrected chi connectivity index (χ3v) is 4.54. The summed E-state index contributed by atoms with van der Waals surface area (Å²) in [7, 11) is 2.12. The minimum atomic E-state index is -0.177. The first-order valence-corrected chi connectivity index (χ1v) is 8.37. The number of likely N-dealkylation sites (N-methyl/N-ethyl adjacent to an activating group) is 1. The largest absolute Gasteiger partial charge is 0.368 e. The van der Waals surface area contributed by atoms with E-state index in [1.165, 1.54) is 0 Å². The van der Waals surface area contributed by atoms with Gasteiger partial charge in [0.15, 0.2) is 0 Å². The number of hydrogen-bond acceptors (Lipinski definition) is 4. The number of aromatic nitrogens is 1. The molecule has 1 aromatic carbocycles. The van der Waals surface area contributed by atoms with Crippen LogP contribution in [0.3, 0.4) is 0 Å². The Bertz CT molecular complexity index is 742. The van der Waals surface area contributed by atoms with Crippen LogP contribution < -0.4 is 10.2 Å². The zero-order chi connectivity index (χ0) is 17.1. The van der Waals surface area contributed by atoms with Gasteiger partial charge in [-0.1, -0.05) is 17.7 Å². The Labute approximate surface area is 147 Å². The molecule has 1 amide bonds. The number of benzene rings is 1. The lowest BCUT2D eigenvalue weighted by Crippen LogP contribution is -2.44. The number of rotatable bonds is 3. The van der Waals surface area contributed by atoms with Crippen LogP contribution in [0.1, 0.15) is 15.9 Å². The van der Waals surface area contributed by atoms with E-state index in [-0.39, 0.29) is 5.91 Å². The van der Waals surface area contributed by atoms with Crippen molar-refractivity contribution in [1.29, 1.82) is 0 Å². The fourth-order valence-corrected chi connectivity index (χ4v) is 2.89. The topological polar surface area (TPSA) is 48.5 Å². The smallest absolute Gasteiger partial charge is 0.257 e. The molecule has 0 bridgehead atoms. The molecular weight excluding hydrogens is 324 g/mol. The minimum absolute atomic E-state index is 0.177. The summed E-state index contributed by atoms with van der Waals surface area (Å²) in [6, 6.07) is 7.35. The van der Waals surface area contributed by atoms with Crippen LogP contribution in [0, 0.1) is 6.92 Å². The van der Waals surface area contributed by atoms with E-state index in [0.717, 1.165) is 43.1 Å². The highest BCUT2D eigenvalue weighted by Crippen LogP contribution is 2.22. The molecule has 3 rings (SSSR count). The number of piperazine rings is 1. The maximum Gasteiger partial charge on any atom is 0.257 e. The Kier molecular flexibility index (Phi) is 5.02. The van der Waals surface area contributed by atoms with Crippen LogP contribution in [0.5, 0.6) is 0 Å². The first kappa shape index (κ1) is 16.7. The van der Waals surface area contributed by atoms with Crippen LogP contribution in [0.15, 0.2) is 36.7 Å². The van der Waals surface area contributed by atoms with E-state index in [1.807, 2.05) is 31.3 Å². The first-order chi connectivity index (χ1) is 11.5. The van der Waals surface area contributed by atoms with Gasteiger partial charge in [-0.2, -0.15) is 0 Å². The van der Waals surface area contributed by atoms with Crippen LogP contribution in [0.4, 0.5) is 11.4 Å². The molecule has 1 N–H and O–H groups in total. The Balaban J connectivity index is 1.76. The third kappa shape index (κ3) is 3.86. The number of pyridine rings is 1. The molecule has 0 saturated carbocycles. The van der Waals surface area contributed by atoms with Crippen molar-refractivity contribution in [2.24, 2.45) is 0 Å². The molecule has 1 fully saturated rings. The van der Waals surface area contributed by atoms with Crippen LogP contribution in [0.25, 0.3) is 0 Å². The molecule has 0 atom stereocenters. The van der Waals surface area contributed by atoms with Gasteiger partial charge in [-0.15, -0.1) is 0 Å². The van der Waals surface area contributed by atoms with E-state index in [4.69, 9.17) is 11.6 Å². The van der Waals surface area contributed by atoms with Crippen molar-refractivity contribution in [3.8, 4) is 0 Å². The molecule has 2 heterocycles. The normalized spacial score (nSPS) is 15.4. The van der Waals surface area contributed by atoms with Gasteiger partial charge in [-0.05, 0) is 37.7 Å². The lowest BCUT2D eigenvalue weighted by Gasteiger charge is -2.33. The van der Waals surface area contributed by atoms with E-state index in [0.29, 0.717) is 10.6 Å². The van der Waals surface area contributed by atoms with Crippen molar-refractivity contribution in [1.82, 2.24) is 9.88 Å². The SMILES string of the molecule is Cc1ccc(Cl)cc1NC(=O)c1cncc(N2CCN(C)CC2)c1. The highest BCUT2D eigenvalue weighted by Gasteiger charge is 2.16. The predicted octanol–water partition coefficient (Wildman–Crippen LogP) is 3.05. The maximum atomic E-state index is 12.5. The number of carbonyl (C=O) groups is 1. The second-order valence-corrected chi connectivity index (χ2v) is 6.57. The van der Waals surface area contributed by atoms with E-state index in [9.17, 15) is 4.79 Å². The number of nitrogens with one attached hydrogen (secondary N) is 1. The highest BCUT2D eigenvalue weighted by molar-refractivity contribution is 6.31. The van der Waals surface area contributed by atoms with E-state index >= 15 is 0 Å². The van der Waals surface area contributed by atoms with Crippen LogP contribution in [-0.4, -0.2) is 49.0 Å². The fourth-order valence-electron chi connectivity index (χ4n) is 2.71. The molecule has 1 aliphatic rings. The van der Waals surface area contributed by atoms with Gasteiger partial charge in [0.2, 0.25) is 0 Å². The second-order valence-electron chi connectivity index (χ2n) is 6.14. The molecular formula is C18H21ClN4O. The predicted molar refractivity (Wildman–Crippen MR) is 98.1 cm³/mol. The lowest BCUT2D eigenvalue weighted by molar-refractivity contribution is 0.102. The highest BCUT2D eigenvalue weighted by atomic mass is 35.5. The summed E-state index contributed by atoms with van der Waals surface area (Å²) in [5, 5.41) is 3.51. The zero-order valence-electron chi connectivity index (χ0n) is 13.9. The van der Waals surface area contributed by atoms with Crippen LogP contribution in [0.2, 0.25) is 5.02 Å². The Hall–Kier alpha value is -2.11. The number of aryl methyl sites for hydroxylation is 1. The average molecular weight is 345 g/mol. The summed E-state index contributed by atoms with van der Waals surface area (Å²) in [6.45, 7) is 5.84.